The van der Waals surface area contributed by atoms with E-state index >= 15 is 0 Å². The third-order valence-electron chi connectivity index (χ3n) is 4.38. The quantitative estimate of drug-likeness (QED) is 0.727. The maximum Gasteiger partial charge on any atom is 0.163 e. The Labute approximate surface area is 101 Å². The number of allylic oxidation sites excluding steroid dienone is 6. The van der Waals surface area contributed by atoms with E-state index in [0.717, 1.165) is 11.7 Å². The molecule has 0 aliphatic heterocycles. The lowest BCUT2D eigenvalue weighted by Crippen LogP contribution is -2.34. The fraction of sp³-hybridized carbons (Fsp3) is 0.400. The van der Waals surface area contributed by atoms with Gasteiger partial charge in [0.25, 0.3) is 0 Å². The molecule has 1 heterocycles. The second kappa shape index (κ2) is 3.46. The molecule has 86 valence electrons. The zero-order valence-electron chi connectivity index (χ0n) is 9.73. The van der Waals surface area contributed by atoms with Crippen molar-refractivity contribution in [1.29, 1.82) is 0 Å². The highest BCUT2D eigenvalue weighted by atomic mass is 16.5. The van der Waals surface area contributed by atoms with Crippen LogP contribution in [0.3, 0.4) is 0 Å². The van der Waals surface area contributed by atoms with Crippen molar-refractivity contribution < 1.29 is 4.52 Å². The van der Waals surface area contributed by atoms with E-state index in [1.807, 2.05) is 6.07 Å². The van der Waals surface area contributed by atoms with E-state index in [2.05, 4.69) is 23.4 Å². The van der Waals surface area contributed by atoms with Crippen LogP contribution in [0.5, 0.6) is 0 Å². The standard InChI is InChI=1S/C15H15NO/c1-2-5-11-10(4-1)12-6-3-7-13(15(11)12)14-8-9-16-17-14/h3,6-9,11,15H,1-2,4-5H2. The van der Waals surface area contributed by atoms with Crippen molar-refractivity contribution in [2.45, 2.75) is 25.7 Å². The zero-order valence-corrected chi connectivity index (χ0v) is 9.73. The first-order chi connectivity index (χ1) is 8.45. The minimum Gasteiger partial charge on any atom is -0.357 e. The molecule has 2 heteroatoms. The van der Waals surface area contributed by atoms with Gasteiger partial charge in [-0.25, -0.2) is 0 Å². The molecule has 1 fully saturated rings. The van der Waals surface area contributed by atoms with Gasteiger partial charge in [0.05, 0.1) is 6.20 Å². The Hall–Kier alpha value is -1.57. The minimum atomic E-state index is 0.586. The Morgan fingerprint density at radius 3 is 3.18 bits per heavy atom. The molecule has 0 spiro atoms. The molecule has 0 bridgehead atoms. The van der Waals surface area contributed by atoms with Crippen LogP contribution in [0, 0.1) is 11.8 Å². The second-order valence-electron chi connectivity index (χ2n) is 5.17. The van der Waals surface area contributed by atoms with Gasteiger partial charge in [-0.1, -0.05) is 35.4 Å². The van der Waals surface area contributed by atoms with Crippen LogP contribution in [0.4, 0.5) is 0 Å². The third-order valence-corrected chi connectivity index (χ3v) is 4.38. The maximum atomic E-state index is 5.33. The summed E-state index contributed by atoms with van der Waals surface area (Å²) in [4.78, 5) is 0. The smallest absolute Gasteiger partial charge is 0.163 e. The normalized spacial score (nSPS) is 30.5. The number of aromatic nitrogens is 1. The lowest BCUT2D eigenvalue weighted by Gasteiger charge is -2.46. The van der Waals surface area contributed by atoms with Crippen molar-refractivity contribution in [3.8, 4) is 0 Å². The van der Waals surface area contributed by atoms with Crippen LogP contribution in [0.1, 0.15) is 31.4 Å². The van der Waals surface area contributed by atoms with Crippen molar-refractivity contribution in [1.82, 2.24) is 5.16 Å². The van der Waals surface area contributed by atoms with Crippen LogP contribution < -0.4 is 0 Å². The Bertz CT molecular complexity index is 533. The Kier molecular flexibility index (Phi) is 1.92. The predicted molar refractivity (Wildman–Crippen MR) is 66.1 cm³/mol. The highest BCUT2D eigenvalue weighted by molar-refractivity contribution is 5.75. The predicted octanol–water partition coefficient (Wildman–Crippen LogP) is 3.74. The fourth-order valence-corrected chi connectivity index (χ4v) is 3.64. The van der Waals surface area contributed by atoms with Gasteiger partial charge >= 0.3 is 0 Å². The summed E-state index contributed by atoms with van der Waals surface area (Å²) in [6, 6.07) is 1.98. The summed E-state index contributed by atoms with van der Waals surface area (Å²) >= 11 is 0. The third kappa shape index (κ3) is 1.24. The van der Waals surface area contributed by atoms with Crippen molar-refractivity contribution in [2.24, 2.45) is 11.8 Å². The van der Waals surface area contributed by atoms with Gasteiger partial charge in [0.15, 0.2) is 5.76 Å². The molecule has 1 saturated carbocycles. The van der Waals surface area contributed by atoms with Gasteiger partial charge in [0.1, 0.15) is 0 Å². The van der Waals surface area contributed by atoms with E-state index in [1.165, 1.54) is 31.3 Å². The molecule has 1 aromatic heterocycles. The molecule has 4 rings (SSSR count). The van der Waals surface area contributed by atoms with E-state index in [1.54, 1.807) is 17.3 Å². The lowest BCUT2D eigenvalue weighted by atomic mass is 9.58. The monoisotopic (exact) mass is 225 g/mol. The molecule has 0 amide bonds. The van der Waals surface area contributed by atoms with Crippen LogP contribution in [0.2, 0.25) is 0 Å². The Morgan fingerprint density at radius 1 is 1.29 bits per heavy atom. The summed E-state index contributed by atoms with van der Waals surface area (Å²) in [5.74, 6) is 2.31. The average Bonchev–Trinajstić information content (AvgIpc) is 2.89. The Morgan fingerprint density at radius 2 is 2.29 bits per heavy atom. The van der Waals surface area contributed by atoms with Crippen LogP contribution in [-0.4, -0.2) is 5.16 Å². The number of rotatable bonds is 1. The lowest BCUT2D eigenvalue weighted by molar-refractivity contribution is 0.338. The van der Waals surface area contributed by atoms with E-state index in [9.17, 15) is 0 Å². The van der Waals surface area contributed by atoms with Crippen LogP contribution in [0.25, 0.3) is 5.57 Å². The first kappa shape index (κ1) is 9.46. The van der Waals surface area contributed by atoms with Crippen LogP contribution in [0.15, 0.2) is 46.2 Å². The summed E-state index contributed by atoms with van der Waals surface area (Å²) in [6.07, 6.45) is 13.8. The molecule has 2 unspecified atom stereocenters. The van der Waals surface area contributed by atoms with E-state index < -0.39 is 0 Å². The van der Waals surface area contributed by atoms with Gasteiger partial charge in [-0.3, -0.25) is 0 Å². The molecule has 0 N–H and O–H groups in total. The fourth-order valence-electron chi connectivity index (χ4n) is 3.64. The highest BCUT2D eigenvalue weighted by Crippen LogP contribution is 2.55. The summed E-state index contributed by atoms with van der Waals surface area (Å²) in [6.45, 7) is 0. The van der Waals surface area contributed by atoms with Crippen molar-refractivity contribution in [3.63, 3.8) is 0 Å². The van der Waals surface area contributed by atoms with E-state index in [-0.39, 0.29) is 0 Å². The molecule has 2 nitrogen and oxygen atoms in total. The molecule has 17 heavy (non-hydrogen) atoms. The summed E-state index contributed by atoms with van der Waals surface area (Å²) < 4.78 is 5.33. The zero-order chi connectivity index (χ0) is 11.2. The highest BCUT2D eigenvalue weighted by Gasteiger charge is 2.43. The molecular weight excluding hydrogens is 210 g/mol. The molecule has 0 saturated heterocycles. The number of fused-ring (bicyclic) bond motifs is 3. The topological polar surface area (TPSA) is 26.0 Å². The molecule has 3 aliphatic carbocycles. The maximum absolute atomic E-state index is 5.33. The van der Waals surface area contributed by atoms with Gasteiger partial charge in [-0.05, 0) is 30.8 Å². The van der Waals surface area contributed by atoms with Gasteiger partial charge < -0.3 is 4.52 Å². The summed E-state index contributed by atoms with van der Waals surface area (Å²) in [5.41, 5.74) is 4.60. The van der Waals surface area contributed by atoms with Gasteiger partial charge in [0, 0.05) is 17.6 Å². The number of hydrogen-bond acceptors (Lipinski definition) is 2. The summed E-state index contributed by atoms with van der Waals surface area (Å²) in [7, 11) is 0. The molecule has 1 aromatic rings. The van der Waals surface area contributed by atoms with Crippen molar-refractivity contribution in [2.75, 3.05) is 0 Å². The number of hydrogen-bond donors (Lipinski definition) is 0. The first-order valence-electron chi connectivity index (χ1n) is 6.47. The van der Waals surface area contributed by atoms with E-state index in [4.69, 9.17) is 4.52 Å². The van der Waals surface area contributed by atoms with Crippen LogP contribution in [-0.2, 0) is 0 Å². The minimum absolute atomic E-state index is 0.586. The van der Waals surface area contributed by atoms with Crippen LogP contribution >= 0.6 is 0 Å². The first-order valence-corrected chi connectivity index (χ1v) is 6.47. The van der Waals surface area contributed by atoms with E-state index in [0.29, 0.717) is 5.92 Å². The van der Waals surface area contributed by atoms with Gasteiger partial charge in [-0.2, -0.15) is 0 Å². The SMILES string of the molecule is C1=CC2=C3CCCCC3C2C(c2ccno2)=C1. The molecule has 0 radical (unpaired) electrons. The van der Waals surface area contributed by atoms with Crippen molar-refractivity contribution in [3.05, 3.63) is 47.4 Å². The number of nitrogens with zero attached hydrogens (tertiary/aromatic N) is 1. The van der Waals surface area contributed by atoms with Gasteiger partial charge in [-0.15, -0.1) is 0 Å². The molecule has 3 aliphatic rings. The average molecular weight is 225 g/mol. The van der Waals surface area contributed by atoms with Gasteiger partial charge in [0.2, 0.25) is 0 Å². The second-order valence-corrected chi connectivity index (χ2v) is 5.17. The Balaban J connectivity index is 1.78. The molecular formula is C15H15NO. The largest absolute Gasteiger partial charge is 0.357 e. The summed E-state index contributed by atoms with van der Waals surface area (Å²) in [5, 5.41) is 3.83. The molecule has 2 atom stereocenters. The van der Waals surface area contributed by atoms with Crippen molar-refractivity contribution >= 4 is 5.57 Å². The molecule has 0 aromatic carbocycles.